The first-order valence-corrected chi connectivity index (χ1v) is 6.50. The fourth-order valence-corrected chi connectivity index (χ4v) is 1.47. The molecule has 0 saturated carbocycles. The molecule has 104 valence electrons. The number of ether oxygens (including phenoxy) is 1. The van der Waals surface area contributed by atoms with Crippen molar-refractivity contribution < 1.29 is 9.53 Å². The van der Waals surface area contributed by atoms with Crippen LogP contribution in [0.1, 0.15) is 20.3 Å². The summed E-state index contributed by atoms with van der Waals surface area (Å²) in [6.45, 7) is 9.34. The number of para-hydroxylation sites is 2. The second kappa shape index (κ2) is 8.32. The summed E-state index contributed by atoms with van der Waals surface area (Å²) in [5.41, 5.74) is 1.62. The lowest BCUT2D eigenvalue weighted by atomic mass is 10.3. The Kier molecular flexibility index (Phi) is 6.68. The first-order valence-electron chi connectivity index (χ1n) is 6.50. The van der Waals surface area contributed by atoms with Crippen LogP contribution in [0.4, 0.5) is 5.69 Å². The largest absolute Gasteiger partial charge is 0.487 e. The fourth-order valence-electron chi connectivity index (χ4n) is 1.47. The van der Waals surface area contributed by atoms with Crippen LogP contribution in [0.5, 0.6) is 5.75 Å². The molecule has 2 N–H and O–H groups in total. The minimum absolute atomic E-state index is 0.0696. The molecule has 0 unspecified atom stereocenters. The number of anilines is 1. The molecule has 1 amide bonds. The Morgan fingerprint density at radius 1 is 1.37 bits per heavy atom. The first kappa shape index (κ1) is 15.2. The zero-order chi connectivity index (χ0) is 14.1. The van der Waals surface area contributed by atoms with Crippen LogP contribution >= 0.6 is 0 Å². The predicted octanol–water partition coefficient (Wildman–Crippen LogP) is 2.58. The summed E-state index contributed by atoms with van der Waals surface area (Å²) in [7, 11) is 0. The number of carbonyl (C=O) groups excluding carboxylic acids is 1. The number of amides is 1. The van der Waals surface area contributed by atoms with Gasteiger partial charge in [-0.05, 0) is 37.6 Å². The highest BCUT2D eigenvalue weighted by atomic mass is 16.5. The van der Waals surface area contributed by atoms with E-state index in [2.05, 4.69) is 24.1 Å². The Morgan fingerprint density at radius 3 is 2.79 bits per heavy atom. The second-order valence-corrected chi connectivity index (χ2v) is 4.47. The molecule has 1 rings (SSSR count). The lowest BCUT2D eigenvalue weighted by Crippen LogP contribution is -2.28. The first-order chi connectivity index (χ1) is 9.13. The van der Waals surface area contributed by atoms with Crippen LogP contribution in [-0.2, 0) is 4.79 Å². The summed E-state index contributed by atoms with van der Waals surface area (Å²) in [5, 5.41) is 5.89. The van der Waals surface area contributed by atoms with Crippen molar-refractivity contribution in [1.29, 1.82) is 0 Å². The minimum atomic E-state index is -0.0696. The maximum atomic E-state index is 11.7. The maximum absolute atomic E-state index is 11.7. The standard InChI is InChI=1S/C15H22N2O2/c1-4-9-16-10-15(18)17-13-7-5-6-8-14(13)19-11-12(2)3/h5-8,16H,2,4,9-11H2,1,3H3,(H,17,18). The third kappa shape index (κ3) is 6.06. The zero-order valence-electron chi connectivity index (χ0n) is 11.7. The normalized spacial score (nSPS) is 10.0. The minimum Gasteiger partial charge on any atom is -0.487 e. The van der Waals surface area contributed by atoms with E-state index in [1.165, 1.54) is 0 Å². The third-order valence-corrected chi connectivity index (χ3v) is 2.35. The summed E-state index contributed by atoms with van der Waals surface area (Å²) in [4.78, 5) is 11.7. The molecule has 4 heteroatoms. The van der Waals surface area contributed by atoms with Gasteiger partial charge in [0.15, 0.2) is 0 Å². The van der Waals surface area contributed by atoms with Crippen molar-refractivity contribution >= 4 is 11.6 Å². The van der Waals surface area contributed by atoms with Gasteiger partial charge in [0.25, 0.3) is 0 Å². The zero-order valence-corrected chi connectivity index (χ0v) is 11.7. The predicted molar refractivity (Wildman–Crippen MR) is 78.5 cm³/mol. The smallest absolute Gasteiger partial charge is 0.238 e. The average Bonchev–Trinajstić information content (AvgIpc) is 2.38. The Hall–Kier alpha value is -1.81. The molecule has 1 aromatic rings. The van der Waals surface area contributed by atoms with Crippen molar-refractivity contribution in [3.05, 3.63) is 36.4 Å². The molecule has 0 radical (unpaired) electrons. The molecule has 0 aromatic heterocycles. The van der Waals surface area contributed by atoms with Gasteiger partial charge in [-0.15, -0.1) is 0 Å². The third-order valence-electron chi connectivity index (χ3n) is 2.35. The molecular weight excluding hydrogens is 240 g/mol. The van der Waals surface area contributed by atoms with Gasteiger partial charge in [-0.25, -0.2) is 0 Å². The van der Waals surface area contributed by atoms with Crippen LogP contribution in [0.15, 0.2) is 36.4 Å². The molecule has 0 atom stereocenters. The number of carbonyl (C=O) groups is 1. The van der Waals surface area contributed by atoms with Crippen LogP contribution < -0.4 is 15.4 Å². The van der Waals surface area contributed by atoms with E-state index in [1.807, 2.05) is 31.2 Å². The van der Waals surface area contributed by atoms with Crippen molar-refractivity contribution in [2.75, 3.05) is 25.0 Å². The van der Waals surface area contributed by atoms with E-state index < -0.39 is 0 Å². The quantitative estimate of drug-likeness (QED) is 0.559. The van der Waals surface area contributed by atoms with E-state index in [4.69, 9.17) is 4.74 Å². The summed E-state index contributed by atoms with van der Waals surface area (Å²) in [6, 6.07) is 7.39. The molecule has 1 aromatic carbocycles. The number of hydrogen-bond acceptors (Lipinski definition) is 3. The van der Waals surface area contributed by atoms with E-state index in [1.54, 1.807) is 0 Å². The van der Waals surface area contributed by atoms with E-state index in [9.17, 15) is 4.79 Å². The van der Waals surface area contributed by atoms with Crippen molar-refractivity contribution in [3.8, 4) is 5.75 Å². The lowest BCUT2D eigenvalue weighted by Gasteiger charge is -2.12. The topological polar surface area (TPSA) is 50.4 Å². The fraction of sp³-hybridized carbons (Fsp3) is 0.400. The van der Waals surface area contributed by atoms with Crippen molar-refractivity contribution in [2.24, 2.45) is 0 Å². The Balaban J connectivity index is 2.56. The molecule has 0 bridgehead atoms. The number of nitrogens with one attached hydrogen (secondary N) is 2. The maximum Gasteiger partial charge on any atom is 0.238 e. The van der Waals surface area contributed by atoms with Gasteiger partial charge in [0.1, 0.15) is 12.4 Å². The van der Waals surface area contributed by atoms with Gasteiger partial charge in [-0.1, -0.05) is 25.6 Å². The summed E-state index contributed by atoms with van der Waals surface area (Å²) in [5.74, 6) is 0.592. The highest BCUT2D eigenvalue weighted by molar-refractivity contribution is 5.93. The number of rotatable bonds is 8. The average molecular weight is 262 g/mol. The summed E-state index contributed by atoms with van der Waals surface area (Å²) >= 11 is 0. The van der Waals surface area contributed by atoms with Crippen molar-refractivity contribution in [3.63, 3.8) is 0 Å². The molecule has 0 aliphatic carbocycles. The van der Waals surface area contributed by atoms with Crippen molar-refractivity contribution in [2.45, 2.75) is 20.3 Å². The number of hydrogen-bond donors (Lipinski definition) is 2. The van der Waals surface area contributed by atoms with Crippen LogP contribution in [-0.4, -0.2) is 25.6 Å². The lowest BCUT2D eigenvalue weighted by molar-refractivity contribution is -0.115. The van der Waals surface area contributed by atoms with Gasteiger partial charge in [0.2, 0.25) is 5.91 Å². The van der Waals surface area contributed by atoms with Crippen LogP contribution in [0.3, 0.4) is 0 Å². The molecule has 0 heterocycles. The Labute approximate surface area is 114 Å². The molecule has 4 nitrogen and oxygen atoms in total. The van der Waals surface area contributed by atoms with E-state index >= 15 is 0 Å². The summed E-state index contributed by atoms with van der Waals surface area (Å²) < 4.78 is 5.59. The van der Waals surface area contributed by atoms with Crippen LogP contribution in [0.2, 0.25) is 0 Å². The SMILES string of the molecule is C=C(C)COc1ccccc1NC(=O)CNCCC. The molecule has 0 aliphatic heterocycles. The van der Waals surface area contributed by atoms with Gasteiger partial charge >= 0.3 is 0 Å². The van der Waals surface area contributed by atoms with E-state index in [-0.39, 0.29) is 5.91 Å². The van der Waals surface area contributed by atoms with Crippen LogP contribution in [0, 0.1) is 0 Å². The Bertz CT molecular complexity index is 430. The molecule has 19 heavy (non-hydrogen) atoms. The van der Waals surface area contributed by atoms with E-state index in [0.717, 1.165) is 18.5 Å². The highest BCUT2D eigenvalue weighted by Gasteiger charge is 2.06. The van der Waals surface area contributed by atoms with E-state index in [0.29, 0.717) is 24.6 Å². The molecule has 0 aliphatic rings. The second-order valence-electron chi connectivity index (χ2n) is 4.47. The monoisotopic (exact) mass is 262 g/mol. The van der Waals surface area contributed by atoms with Crippen molar-refractivity contribution in [1.82, 2.24) is 5.32 Å². The molecular formula is C15H22N2O2. The molecule has 0 spiro atoms. The molecule has 0 saturated heterocycles. The summed E-state index contributed by atoms with van der Waals surface area (Å²) in [6.07, 6.45) is 1.01. The number of benzene rings is 1. The van der Waals surface area contributed by atoms with Crippen LogP contribution in [0.25, 0.3) is 0 Å². The van der Waals surface area contributed by atoms with Gasteiger partial charge in [-0.3, -0.25) is 4.79 Å². The Morgan fingerprint density at radius 2 is 2.11 bits per heavy atom. The highest BCUT2D eigenvalue weighted by Crippen LogP contribution is 2.23. The van der Waals surface area contributed by atoms with Gasteiger partial charge in [0, 0.05) is 0 Å². The van der Waals surface area contributed by atoms with Gasteiger partial charge < -0.3 is 15.4 Å². The van der Waals surface area contributed by atoms with Gasteiger partial charge in [-0.2, -0.15) is 0 Å². The van der Waals surface area contributed by atoms with Gasteiger partial charge in [0.05, 0.1) is 12.2 Å². The molecule has 0 fully saturated rings.